The minimum absolute atomic E-state index is 0.0208. The SMILES string of the molecule is CCCCn1c(N)c(N(CCC(C)C)C(=O)c2cccc(NC(=O)C3CC3)c2)c(=O)[nH]c1=O. The van der Waals surface area contributed by atoms with Crippen LogP contribution in [0.2, 0.25) is 0 Å². The first kappa shape index (κ1) is 24.3. The Hall–Kier alpha value is -3.36. The summed E-state index contributed by atoms with van der Waals surface area (Å²) in [6.07, 6.45) is 3.94. The van der Waals surface area contributed by atoms with Gasteiger partial charge in [-0.25, -0.2) is 4.79 Å². The van der Waals surface area contributed by atoms with Crippen LogP contribution in [-0.4, -0.2) is 27.9 Å². The first-order valence-electron chi connectivity index (χ1n) is 11.6. The van der Waals surface area contributed by atoms with Crippen molar-refractivity contribution in [3.05, 3.63) is 50.7 Å². The first-order chi connectivity index (χ1) is 15.7. The summed E-state index contributed by atoms with van der Waals surface area (Å²) in [5.74, 6) is -0.186. The van der Waals surface area contributed by atoms with Crippen molar-refractivity contribution in [2.24, 2.45) is 11.8 Å². The van der Waals surface area contributed by atoms with Crippen LogP contribution in [-0.2, 0) is 11.3 Å². The third kappa shape index (κ3) is 5.91. The van der Waals surface area contributed by atoms with E-state index in [1.165, 1.54) is 9.47 Å². The van der Waals surface area contributed by atoms with E-state index >= 15 is 0 Å². The van der Waals surface area contributed by atoms with Gasteiger partial charge < -0.3 is 16.0 Å². The highest BCUT2D eigenvalue weighted by Crippen LogP contribution is 2.30. The normalized spacial score (nSPS) is 13.2. The molecule has 0 bridgehead atoms. The Kier molecular flexibility index (Phi) is 7.73. The standard InChI is InChI=1S/C24H33N5O4/c1-4-5-12-29-20(25)19(22(31)27-24(29)33)28(13-11-15(2)3)23(32)17-7-6-8-18(14-17)26-21(30)16-9-10-16/h6-8,14-16H,4-5,9-13,25H2,1-3H3,(H,26,30)(H,27,31,33). The number of nitrogens with one attached hydrogen (secondary N) is 2. The molecular weight excluding hydrogens is 422 g/mol. The van der Waals surface area contributed by atoms with Gasteiger partial charge in [0.15, 0.2) is 5.69 Å². The molecule has 3 rings (SSSR count). The first-order valence-corrected chi connectivity index (χ1v) is 11.6. The summed E-state index contributed by atoms with van der Waals surface area (Å²) in [7, 11) is 0. The molecule has 1 saturated carbocycles. The van der Waals surface area contributed by atoms with Gasteiger partial charge in [-0.05, 0) is 49.8 Å². The number of rotatable bonds is 10. The molecule has 178 valence electrons. The topological polar surface area (TPSA) is 130 Å². The van der Waals surface area contributed by atoms with Crippen LogP contribution >= 0.6 is 0 Å². The van der Waals surface area contributed by atoms with Crippen LogP contribution < -0.4 is 27.2 Å². The van der Waals surface area contributed by atoms with Crippen LogP contribution in [0.1, 0.15) is 63.2 Å². The Morgan fingerprint density at radius 1 is 1.27 bits per heavy atom. The number of carbonyl (C=O) groups excluding carboxylic acids is 2. The smallest absolute Gasteiger partial charge is 0.330 e. The molecule has 1 aliphatic carbocycles. The van der Waals surface area contributed by atoms with Gasteiger partial charge in [-0.1, -0.05) is 33.3 Å². The van der Waals surface area contributed by atoms with Crippen LogP contribution in [0.3, 0.4) is 0 Å². The number of anilines is 3. The Labute approximate surface area is 193 Å². The van der Waals surface area contributed by atoms with E-state index in [0.717, 1.165) is 19.3 Å². The second-order valence-corrected chi connectivity index (χ2v) is 8.98. The van der Waals surface area contributed by atoms with Crippen molar-refractivity contribution >= 4 is 29.0 Å². The summed E-state index contributed by atoms with van der Waals surface area (Å²) in [4.78, 5) is 54.5. The molecule has 0 atom stereocenters. The average molecular weight is 456 g/mol. The summed E-state index contributed by atoms with van der Waals surface area (Å²) in [6, 6.07) is 6.64. The van der Waals surface area contributed by atoms with E-state index in [1.807, 2.05) is 20.8 Å². The lowest BCUT2D eigenvalue weighted by Gasteiger charge is -2.25. The maximum Gasteiger partial charge on any atom is 0.330 e. The number of amides is 2. The lowest BCUT2D eigenvalue weighted by Crippen LogP contribution is -2.42. The molecule has 0 unspecified atom stereocenters. The molecule has 9 nitrogen and oxygen atoms in total. The Balaban J connectivity index is 2.00. The lowest BCUT2D eigenvalue weighted by molar-refractivity contribution is -0.117. The molecule has 1 heterocycles. The van der Waals surface area contributed by atoms with Gasteiger partial charge in [-0.3, -0.25) is 23.9 Å². The summed E-state index contributed by atoms with van der Waals surface area (Å²) >= 11 is 0. The quantitative estimate of drug-likeness (QED) is 0.507. The molecule has 0 saturated heterocycles. The van der Waals surface area contributed by atoms with Gasteiger partial charge in [0.25, 0.3) is 11.5 Å². The lowest BCUT2D eigenvalue weighted by atomic mass is 10.1. The Morgan fingerprint density at radius 2 is 2.00 bits per heavy atom. The minimum Gasteiger partial charge on any atom is -0.383 e. The number of H-pyrrole nitrogens is 1. The zero-order chi connectivity index (χ0) is 24.1. The number of hydrogen-bond acceptors (Lipinski definition) is 5. The van der Waals surface area contributed by atoms with Crippen molar-refractivity contribution in [3.8, 4) is 0 Å². The minimum atomic E-state index is -0.694. The number of nitrogens with zero attached hydrogens (tertiary/aromatic N) is 2. The van der Waals surface area contributed by atoms with E-state index < -0.39 is 17.2 Å². The molecule has 1 aliphatic rings. The number of hydrogen-bond donors (Lipinski definition) is 3. The van der Waals surface area contributed by atoms with Gasteiger partial charge in [0.1, 0.15) is 5.82 Å². The fraction of sp³-hybridized carbons (Fsp3) is 0.500. The highest BCUT2D eigenvalue weighted by Gasteiger charge is 2.30. The fourth-order valence-corrected chi connectivity index (χ4v) is 3.55. The number of benzene rings is 1. The van der Waals surface area contributed by atoms with Crippen LogP contribution in [0, 0.1) is 11.8 Å². The van der Waals surface area contributed by atoms with Crippen molar-refractivity contribution in [1.82, 2.24) is 9.55 Å². The zero-order valence-corrected chi connectivity index (χ0v) is 19.5. The number of carbonyl (C=O) groups is 2. The summed E-state index contributed by atoms with van der Waals surface area (Å²) in [5.41, 5.74) is 5.81. The van der Waals surface area contributed by atoms with Crippen LogP contribution in [0.5, 0.6) is 0 Å². The Bertz CT molecular complexity index is 1130. The molecule has 9 heteroatoms. The molecule has 2 amide bonds. The molecule has 2 aromatic rings. The van der Waals surface area contributed by atoms with E-state index in [4.69, 9.17) is 5.73 Å². The number of aromatic amines is 1. The summed E-state index contributed by atoms with van der Waals surface area (Å²) in [6.45, 7) is 6.63. The van der Waals surface area contributed by atoms with E-state index in [-0.39, 0.29) is 35.8 Å². The van der Waals surface area contributed by atoms with E-state index in [2.05, 4.69) is 10.3 Å². The van der Waals surface area contributed by atoms with Gasteiger partial charge in [0, 0.05) is 30.3 Å². The number of nitrogen functional groups attached to an aromatic ring is 1. The molecule has 33 heavy (non-hydrogen) atoms. The second kappa shape index (κ2) is 10.5. The molecule has 1 fully saturated rings. The van der Waals surface area contributed by atoms with E-state index in [1.54, 1.807) is 24.3 Å². The molecule has 4 N–H and O–H groups in total. The van der Waals surface area contributed by atoms with Crippen molar-refractivity contribution in [3.63, 3.8) is 0 Å². The highest BCUT2D eigenvalue weighted by atomic mass is 16.2. The summed E-state index contributed by atoms with van der Waals surface area (Å²) < 4.78 is 1.31. The van der Waals surface area contributed by atoms with Gasteiger partial charge in [0.05, 0.1) is 0 Å². The van der Waals surface area contributed by atoms with Gasteiger partial charge >= 0.3 is 5.69 Å². The highest BCUT2D eigenvalue weighted by molar-refractivity contribution is 6.08. The summed E-state index contributed by atoms with van der Waals surface area (Å²) in [5, 5.41) is 2.84. The molecule has 0 aliphatic heterocycles. The predicted octanol–water partition coefficient (Wildman–Crippen LogP) is 2.96. The largest absolute Gasteiger partial charge is 0.383 e. The maximum atomic E-state index is 13.6. The van der Waals surface area contributed by atoms with Crippen LogP contribution in [0.4, 0.5) is 17.2 Å². The predicted molar refractivity (Wildman–Crippen MR) is 130 cm³/mol. The average Bonchev–Trinajstić information content (AvgIpc) is 3.61. The van der Waals surface area contributed by atoms with E-state index in [0.29, 0.717) is 30.6 Å². The number of nitrogens with two attached hydrogens (primary N) is 1. The van der Waals surface area contributed by atoms with Crippen molar-refractivity contribution in [2.45, 2.75) is 59.4 Å². The number of unbranched alkanes of at least 4 members (excludes halogenated alkanes) is 1. The third-order valence-corrected chi connectivity index (χ3v) is 5.72. The van der Waals surface area contributed by atoms with Crippen molar-refractivity contribution in [1.29, 1.82) is 0 Å². The van der Waals surface area contributed by atoms with Crippen LogP contribution in [0.25, 0.3) is 0 Å². The zero-order valence-electron chi connectivity index (χ0n) is 19.5. The van der Waals surface area contributed by atoms with Crippen molar-refractivity contribution < 1.29 is 9.59 Å². The Morgan fingerprint density at radius 3 is 2.64 bits per heavy atom. The number of aromatic nitrogens is 2. The molecule has 0 radical (unpaired) electrons. The van der Waals surface area contributed by atoms with E-state index in [9.17, 15) is 19.2 Å². The molecule has 1 aromatic heterocycles. The van der Waals surface area contributed by atoms with Gasteiger partial charge in [0.2, 0.25) is 5.91 Å². The molecule has 1 aromatic carbocycles. The van der Waals surface area contributed by atoms with Crippen LogP contribution in [0.15, 0.2) is 33.9 Å². The van der Waals surface area contributed by atoms with Crippen molar-refractivity contribution in [2.75, 3.05) is 22.5 Å². The van der Waals surface area contributed by atoms with Gasteiger partial charge in [-0.2, -0.15) is 0 Å². The fourth-order valence-electron chi connectivity index (χ4n) is 3.55. The van der Waals surface area contributed by atoms with Gasteiger partial charge in [-0.15, -0.1) is 0 Å². The second-order valence-electron chi connectivity index (χ2n) is 8.98. The maximum absolute atomic E-state index is 13.6. The third-order valence-electron chi connectivity index (χ3n) is 5.72. The molecular formula is C24H33N5O4. The molecule has 0 spiro atoms. The monoisotopic (exact) mass is 455 g/mol.